The van der Waals surface area contributed by atoms with Crippen LogP contribution in [0.1, 0.15) is 17.9 Å². The topological polar surface area (TPSA) is 38.3 Å². The van der Waals surface area contributed by atoms with Gasteiger partial charge in [-0.05, 0) is 36.6 Å². The lowest BCUT2D eigenvalue weighted by atomic mass is 9.81. The maximum absolute atomic E-state index is 13.2. The molecule has 1 aromatic carbocycles. The molecule has 0 amide bonds. The van der Waals surface area contributed by atoms with Crippen molar-refractivity contribution in [3.8, 4) is 0 Å². The van der Waals surface area contributed by atoms with Crippen LogP contribution in [0.15, 0.2) is 24.3 Å². The Bertz CT molecular complexity index is 408. The minimum absolute atomic E-state index is 0.0411. The average Bonchev–Trinajstić information content (AvgIpc) is 2.38. The summed E-state index contributed by atoms with van der Waals surface area (Å²) in [6.07, 6.45) is 0.823. The molecule has 2 rings (SSSR count). The molecule has 2 atom stereocenters. The summed E-state index contributed by atoms with van der Waals surface area (Å²) >= 11 is 0. The second-order valence-corrected chi connectivity index (χ2v) is 4.28. The molecule has 1 aliphatic rings. The summed E-state index contributed by atoms with van der Waals surface area (Å²) in [5, 5.41) is 3.17. The number of hydrogen-bond acceptors (Lipinski definition) is 3. The van der Waals surface area contributed by atoms with Crippen molar-refractivity contribution < 1.29 is 13.9 Å². The molecule has 1 fully saturated rings. The maximum Gasteiger partial charge on any atom is 0.310 e. The van der Waals surface area contributed by atoms with Crippen LogP contribution in [0, 0.1) is 11.7 Å². The molecule has 0 radical (unpaired) electrons. The number of rotatable bonds is 2. The number of piperidine rings is 1. The number of halogens is 1. The van der Waals surface area contributed by atoms with Crippen molar-refractivity contribution in [2.75, 3.05) is 20.2 Å². The molecule has 1 saturated heterocycles. The molecule has 17 heavy (non-hydrogen) atoms. The van der Waals surface area contributed by atoms with Crippen LogP contribution in [-0.2, 0) is 9.53 Å². The van der Waals surface area contributed by atoms with E-state index in [1.807, 2.05) is 6.07 Å². The van der Waals surface area contributed by atoms with Crippen molar-refractivity contribution in [3.63, 3.8) is 0 Å². The summed E-state index contributed by atoms with van der Waals surface area (Å²) < 4.78 is 18.0. The lowest BCUT2D eigenvalue weighted by Crippen LogP contribution is -2.40. The highest BCUT2D eigenvalue weighted by molar-refractivity contribution is 5.74. The van der Waals surface area contributed by atoms with Gasteiger partial charge in [0.2, 0.25) is 0 Å². The van der Waals surface area contributed by atoms with Crippen LogP contribution in [0.3, 0.4) is 0 Å². The van der Waals surface area contributed by atoms with Gasteiger partial charge in [-0.25, -0.2) is 4.39 Å². The van der Waals surface area contributed by atoms with Crippen molar-refractivity contribution in [2.45, 2.75) is 12.3 Å². The van der Waals surface area contributed by atoms with Gasteiger partial charge >= 0.3 is 5.97 Å². The van der Waals surface area contributed by atoms with Gasteiger partial charge in [0.15, 0.2) is 0 Å². The molecule has 4 heteroatoms. The van der Waals surface area contributed by atoms with Gasteiger partial charge < -0.3 is 10.1 Å². The predicted molar refractivity (Wildman–Crippen MR) is 62.1 cm³/mol. The SMILES string of the molecule is COC(=O)[C@@H]1CNCC[C@@H]1c1cccc(F)c1. The van der Waals surface area contributed by atoms with E-state index in [-0.39, 0.29) is 23.6 Å². The van der Waals surface area contributed by atoms with E-state index in [1.165, 1.54) is 19.2 Å². The third-order valence-corrected chi connectivity index (χ3v) is 3.26. The smallest absolute Gasteiger partial charge is 0.310 e. The minimum atomic E-state index is -0.260. The molecule has 1 heterocycles. The molecular formula is C13H16FNO2. The Morgan fingerprint density at radius 3 is 3.06 bits per heavy atom. The fourth-order valence-electron chi connectivity index (χ4n) is 2.39. The number of ether oxygens (including phenoxy) is 1. The van der Waals surface area contributed by atoms with Crippen molar-refractivity contribution in [3.05, 3.63) is 35.6 Å². The van der Waals surface area contributed by atoms with E-state index in [9.17, 15) is 9.18 Å². The van der Waals surface area contributed by atoms with Gasteiger partial charge in [-0.1, -0.05) is 12.1 Å². The summed E-state index contributed by atoms with van der Waals surface area (Å²) in [5.41, 5.74) is 0.877. The van der Waals surface area contributed by atoms with Gasteiger partial charge in [0.25, 0.3) is 0 Å². The fourth-order valence-corrected chi connectivity index (χ4v) is 2.39. The molecule has 0 bridgehead atoms. The first-order valence-electron chi connectivity index (χ1n) is 5.76. The van der Waals surface area contributed by atoms with Crippen molar-refractivity contribution in [1.29, 1.82) is 0 Å². The number of nitrogens with one attached hydrogen (secondary N) is 1. The molecular weight excluding hydrogens is 221 g/mol. The van der Waals surface area contributed by atoms with Crippen molar-refractivity contribution in [2.24, 2.45) is 5.92 Å². The number of carbonyl (C=O) groups excluding carboxylic acids is 1. The van der Waals surface area contributed by atoms with Crippen molar-refractivity contribution in [1.82, 2.24) is 5.32 Å². The summed E-state index contributed by atoms with van der Waals surface area (Å²) in [4.78, 5) is 11.7. The molecule has 1 N–H and O–H groups in total. The first-order chi connectivity index (χ1) is 8.22. The monoisotopic (exact) mass is 237 g/mol. The summed E-state index contributed by atoms with van der Waals surface area (Å²) in [6.45, 7) is 1.43. The molecule has 1 aromatic rings. The molecule has 0 aliphatic carbocycles. The zero-order valence-electron chi connectivity index (χ0n) is 9.78. The first-order valence-corrected chi connectivity index (χ1v) is 5.76. The Kier molecular flexibility index (Phi) is 3.74. The molecule has 0 saturated carbocycles. The summed E-state index contributed by atoms with van der Waals surface area (Å²) in [5.74, 6) is -0.675. The summed E-state index contributed by atoms with van der Waals surface area (Å²) in [7, 11) is 1.39. The van der Waals surface area contributed by atoms with Gasteiger partial charge in [-0.3, -0.25) is 4.79 Å². The lowest BCUT2D eigenvalue weighted by molar-refractivity contribution is -0.146. The third-order valence-electron chi connectivity index (χ3n) is 3.26. The third kappa shape index (κ3) is 2.64. The normalized spacial score (nSPS) is 24.4. The van der Waals surface area contributed by atoms with Gasteiger partial charge in [-0.15, -0.1) is 0 Å². The Labute approximate surface area is 100.0 Å². The number of carbonyl (C=O) groups is 1. The van der Waals surface area contributed by atoms with Crippen LogP contribution in [0.25, 0.3) is 0 Å². The molecule has 0 aromatic heterocycles. The van der Waals surface area contributed by atoms with Gasteiger partial charge in [-0.2, -0.15) is 0 Å². The van der Waals surface area contributed by atoms with Gasteiger partial charge in [0.05, 0.1) is 13.0 Å². The second kappa shape index (κ2) is 5.27. The van der Waals surface area contributed by atoms with E-state index >= 15 is 0 Å². The second-order valence-electron chi connectivity index (χ2n) is 4.28. The quantitative estimate of drug-likeness (QED) is 0.795. The van der Waals surface area contributed by atoms with Crippen LogP contribution in [-0.4, -0.2) is 26.2 Å². The Morgan fingerprint density at radius 2 is 2.35 bits per heavy atom. The predicted octanol–water partition coefficient (Wildman–Crippen LogP) is 1.69. The highest BCUT2D eigenvalue weighted by Crippen LogP contribution is 2.31. The van der Waals surface area contributed by atoms with Gasteiger partial charge in [0, 0.05) is 6.54 Å². The highest BCUT2D eigenvalue weighted by atomic mass is 19.1. The van der Waals surface area contributed by atoms with E-state index in [2.05, 4.69) is 5.32 Å². The van der Waals surface area contributed by atoms with Crippen LogP contribution in [0.2, 0.25) is 0 Å². The zero-order valence-corrected chi connectivity index (χ0v) is 9.78. The number of hydrogen-bond donors (Lipinski definition) is 1. The van der Waals surface area contributed by atoms with E-state index in [0.29, 0.717) is 6.54 Å². The van der Waals surface area contributed by atoms with Crippen molar-refractivity contribution >= 4 is 5.97 Å². The van der Waals surface area contributed by atoms with E-state index < -0.39 is 0 Å². The Balaban J connectivity index is 2.24. The number of esters is 1. The largest absolute Gasteiger partial charge is 0.469 e. The fraction of sp³-hybridized carbons (Fsp3) is 0.462. The molecule has 3 nitrogen and oxygen atoms in total. The Morgan fingerprint density at radius 1 is 1.53 bits per heavy atom. The van der Waals surface area contributed by atoms with Crippen LogP contribution >= 0.6 is 0 Å². The standard InChI is InChI=1S/C13H16FNO2/c1-17-13(16)12-8-15-6-5-11(12)9-3-2-4-10(14)7-9/h2-4,7,11-12,15H,5-6,8H2,1H3/t11-,12-/m1/s1. The van der Waals surface area contributed by atoms with E-state index in [1.54, 1.807) is 6.07 Å². The Hall–Kier alpha value is -1.42. The van der Waals surface area contributed by atoms with Gasteiger partial charge in [0.1, 0.15) is 5.82 Å². The number of benzene rings is 1. The van der Waals surface area contributed by atoms with Crippen LogP contribution in [0.4, 0.5) is 4.39 Å². The molecule has 1 aliphatic heterocycles. The average molecular weight is 237 g/mol. The highest BCUT2D eigenvalue weighted by Gasteiger charge is 2.32. The first kappa shape index (κ1) is 12.0. The van der Waals surface area contributed by atoms with E-state index in [4.69, 9.17) is 4.74 Å². The van der Waals surface area contributed by atoms with Crippen LogP contribution in [0.5, 0.6) is 0 Å². The number of methoxy groups -OCH3 is 1. The lowest BCUT2D eigenvalue weighted by Gasteiger charge is -2.30. The van der Waals surface area contributed by atoms with E-state index in [0.717, 1.165) is 18.5 Å². The summed E-state index contributed by atoms with van der Waals surface area (Å²) in [6, 6.07) is 6.47. The molecule has 0 spiro atoms. The minimum Gasteiger partial charge on any atom is -0.469 e. The zero-order chi connectivity index (χ0) is 12.3. The maximum atomic E-state index is 13.2. The van der Waals surface area contributed by atoms with Crippen LogP contribution < -0.4 is 5.32 Å². The molecule has 92 valence electrons. The molecule has 0 unspecified atom stereocenters.